The predicted octanol–water partition coefficient (Wildman–Crippen LogP) is 15.1. The van der Waals surface area contributed by atoms with Crippen LogP contribution in [-0.4, -0.2) is 0 Å². The Labute approximate surface area is 317 Å². The van der Waals surface area contributed by atoms with Crippen molar-refractivity contribution < 1.29 is 8.83 Å². The summed E-state index contributed by atoms with van der Waals surface area (Å²) in [5, 5.41) is 9.44. The molecule has 12 rings (SSSR count). The number of hydrogen-bond acceptors (Lipinski definition) is 2. The molecule has 2 heterocycles. The summed E-state index contributed by atoms with van der Waals surface area (Å²) in [6.45, 7) is 4.68. The quantitative estimate of drug-likeness (QED) is 0.171. The molecule has 1 aliphatic carbocycles. The maximum absolute atomic E-state index is 6.63. The molecule has 11 aromatic rings. The van der Waals surface area contributed by atoms with Gasteiger partial charge >= 0.3 is 0 Å². The van der Waals surface area contributed by atoms with Crippen molar-refractivity contribution in [3.63, 3.8) is 0 Å². The van der Waals surface area contributed by atoms with Crippen LogP contribution in [0.15, 0.2) is 179 Å². The fourth-order valence-corrected chi connectivity index (χ4v) is 9.62. The molecule has 0 radical (unpaired) electrons. The van der Waals surface area contributed by atoms with Crippen LogP contribution in [0.3, 0.4) is 0 Å². The Morgan fingerprint density at radius 3 is 1.60 bits per heavy atom. The third-order valence-corrected chi connectivity index (χ3v) is 12.3. The van der Waals surface area contributed by atoms with Crippen molar-refractivity contribution in [3.05, 3.63) is 181 Å². The van der Waals surface area contributed by atoms with Gasteiger partial charge in [-0.3, -0.25) is 0 Å². The third kappa shape index (κ3) is 4.31. The maximum Gasteiger partial charge on any atom is 0.136 e. The van der Waals surface area contributed by atoms with E-state index in [4.69, 9.17) is 8.83 Å². The van der Waals surface area contributed by atoms with Crippen LogP contribution in [0.25, 0.3) is 110 Å². The van der Waals surface area contributed by atoms with Gasteiger partial charge in [0.05, 0.1) is 0 Å². The first-order valence-corrected chi connectivity index (χ1v) is 19.1. The van der Waals surface area contributed by atoms with Crippen LogP contribution in [0.5, 0.6) is 0 Å². The summed E-state index contributed by atoms with van der Waals surface area (Å²) in [6.07, 6.45) is 0. The second kappa shape index (κ2) is 11.1. The van der Waals surface area contributed by atoms with Gasteiger partial charge < -0.3 is 8.83 Å². The first-order valence-electron chi connectivity index (χ1n) is 19.1. The maximum atomic E-state index is 6.63. The van der Waals surface area contributed by atoms with Crippen molar-refractivity contribution >= 4 is 65.4 Å². The number of furan rings is 2. The summed E-state index contributed by atoms with van der Waals surface area (Å²) >= 11 is 0. The molecule has 0 aliphatic heterocycles. The summed E-state index contributed by atoms with van der Waals surface area (Å²) < 4.78 is 12.9. The molecule has 0 saturated heterocycles. The lowest BCUT2D eigenvalue weighted by molar-refractivity contribution is 0.658. The van der Waals surface area contributed by atoms with Crippen molar-refractivity contribution in [2.24, 2.45) is 0 Å². The van der Waals surface area contributed by atoms with Crippen molar-refractivity contribution in [1.82, 2.24) is 0 Å². The van der Waals surface area contributed by atoms with Crippen LogP contribution in [0.4, 0.5) is 0 Å². The summed E-state index contributed by atoms with van der Waals surface area (Å²) in [5.74, 6) is 0. The predicted molar refractivity (Wildman–Crippen MR) is 230 cm³/mol. The Hall–Kier alpha value is -6.90. The molecule has 2 nitrogen and oxygen atoms in total. The minimum atomic E-state index is -0.0941. The van der Waals surface area contributed by atoms with Crippen LogP contribution < -0.4 is 0 Å². The molecule has 0 amide bonds. The Kier molecular flexibility index (Phi) is 6.15. The van der Waals surface area contributed by atoms with Gasteiger partial charge in [0.1, 0.15) is 22.3 Å². The largest absolute Gasteiger partial charge is 0.456 e. The van der Waals surface area contributed by atoms with Gasteiger partial charge in [-0.05, 0) is 126 Å². The zero-order valence-electron chi connectivity index (χ0n) is 30.5. The summed E-state index contributed by atoms with van der Waals surface area (Å²) in [6, 6.07) is 61.8. The van der Waals surface area contributed by atoms with E-state index < -0.39 is 0 Å². The fraction of sp³-hybridized carbons (Fsp3) is 0.0566. The fourth-order valence-electron chi connectivity index (χ4n) is 9.62. The molecule has 258 valence electrons. The first-order chi connectivity index (χ1) is 27.0. The lowest BCUT2D eigenvalue weighted by atomic mass is 9.82. The monoisotopic (exact) mass is 702 g/mol. The summed E-state index contributed by atoms with van der Waals surface area (Å²) in [4.78, 5) is 0. The number of fused-ring (bicyclic) bond motifs is 11. The van der Waals surface area contributed by atoms with E-state index >= 15 is 0 Å². The van der Waals surface area contributed by atoms with Gasteiger partial charge in [0, 0.05) is 27.0 Å². The van der Waals surface area contributed by atoms with Crippen LogP contribution in [0, 0.1) is 0 Å². The number of hydrogen-bond donors (Lipinski definition) is 0. The van der Waals surface area contributed by atoms with E-state index in [0.717, 1.165) is 43.9 Å². The number of benzene rings is 9. The van der Waals surface area contributed by atoms with Crippen molar-refractivity contribution in [3.8, 4) is 44.5 Å². The van der Waals surface area contributed by atoms with Gasteiger partial charge in [0.2, 0.25) is 0 Å². The van der Waals surface area contributed by atoms with E-state index in [1.54, 1.807) is 0 Å². The minimum Gasteiger partial charge on any atom is -0.456 e. The average molecular weight is 703 g/mol. The van der Waals surface area contributed by atoms with Crippen molar-refractivity contribution in [2.75, 3.05) is 0 Å². The highest BCUT2D eigenvalue weighted by atomic mass is 16.3. The minimum absolute atomic E-state index is 0.0941. The molecule has 55 heavy (non-hydrogen) atoms. The smallest absolute Gasteiger partial charge is 0.136 e. The van der Waals surface area contributed by atoms with Gasteiger partial charge in [-0.15, -0.1) is 0 Å². The molecule has 1 aliphatic rings. The van der Waals surface area contributed by atoms with Crippen LogP contribution in [-0.2, 0) is 5.41 Å². The first kappa shape index (κ1) is 30.6. The highest BCUT2D eigenvalue weighted by molar-refractivity contribution is 6.23. The molecule has 0 saturated carbocycles. The normalized spacial score (nSPS) is 13.4. The summed E-state index contributed by atoms with van der Waals surface area (Å²) in [5.41, 5.74) is 16.1. The summed E-state index contributed by atoms with van der Waals surface area (Å²) in [7, 11) is 0. The standard InChI is InChI=1S/C53H34O2/c1-53(2)45-18-10-8-14-35(45)40-30-50-43(29-46(40)53)42-28-34(22-25-49(42)55-50)52-38-17-7-6-16-37(38)51(39-23-20-32(26-44(39)52)31-12-4-3-5-13-31)33-21-24-48-41(27-33)36-15-9-11-19-47(36)54-48/h3-30H,1-2H3. The van der Waals surface area contributed by atoms with Gasteiger partial charge in [-0.25, -0.2) is 0 Å². The van der Waals surface area contributed by atoms with Gasteiger partial charge in [0.15, 0.2) is 0 Å². The van der Waals surface area contributed by atoms with Crippen molar-refractivity contribution in [1.29, 1.82) is 0 Å². The van der Waals surface area contributed by atoms with E-state index in [0.29, 0.717) is 0 Å². The molecule has 9 aromatic carbocycles. The van der Waals surface area contributed by atoms with E-state index in [1.807, 2.05) is 12.1 Å². The third-order valence-electron chi connectivity index (χ3n) is 12.3. The topological polar surface area (TPSA) is 26.3 Å². The van der Waals surface area contributed by atoms with E-state index in [-0.39, 0.29) is 5.41 Å². The lowest BCUT2D eigenvalue weighted by Gasteiger charge is -2.21. The molecule has 0 atom stereocenters. The van der Waals surface area contributed by atoms with Gasteiger partial charge in [-0.1, -0.05) is 135 Å². The molecule has 2 heteroatoms. The highest BCUT2D eigenvalue weighted by Gasteiger charge is 2.36. The second-order valence-corrected chi connectivity index (χ2v) is 15.6. The van der Waals surface area contributed by atoms with E-state index in [9.17, 15) is 0 Å². The molecule has 0 fully saturated rings. The van der Waals surface area contributed by atoms with Crippen LogP contribution in [0.1, 0.15) is 25.0 Å². The molecule has 2 aromatic heterocycles. The van der Waals surface area contributed by atoms with E-state index in [2.05, 4.69) is 172 Å². The van der Waals surface area contributed by atoms with Crippen molar-refractivity contribution in [2.45, 2.75) is 19.3 Å². The molecule has 0 bridgehead atoms. The average Bonchev–Trinajstić information content (AvgIpc) is 3.86. The Bertz CT molecular complexity index is 3390. The SMILES string of the molecule is CC1(C)c2ccccc2-c2cc3oc4ccc(-c5c6ccccc6c(-c6ccc7oc8ccccc8c7c6)c6ccc(-c7ccccc7)cc56)cc4c3cc21. The Morgan fingerprint density at radius 1 is 0.309 bits per heavy atom. The molecular formula is C53H34O2. The number of para-hydroxylation sites is 1. The number of rotatable bonds is 3. The molecule has 0 N–H and O–H groups in total. The van der Waals surface area contributed by atoms with E-state index in [1.165, 1.54) is 77.2 Å². The highest BCUT2D eigenvalue weighted by Crippen LogP contribution is 2.52. The molecule has 0 unspecified atom stereocenters. The Balaban J connectivity index is 1.15. The Morgan fingerprint density at radius 2 is 0.836 bits per heavy atom. The van der Waals surface area contributed by atoms with Crippen LogP contribution >= 0.6 is 0 Å². The van der Waals surface area contributed by atoms with Crippen LogP contribution in [0.2, 0.25) is 0 Å². The molecule has 0 spiro atoms. The second-order valence-electron chi connectivity index (χ2n) is 15.6. The van der Waals surface area contributed by atoms with Gasteiger partial charge in [0.25, 0.3) is 0 Å². The lowest BCUT2D eigenvalue weighted by Crippen LogP contribution is -2.14. The zero-order valence-corrected chi connectivity index (χ0v) is 30.5. The zero-order chi connectivity index (χ0) is 36.4. The molecular weight excluding hydrogens is 669 g/mol. The van der Waals surface area contributed by atoms with Gasteiger partial charge in [-0.2, -0.15) is 0 Å².